The number of rotatable bonds is 6. The fourth-order valence-corrected chi connectivity index (χ4v) is 2.45. The van der Waals surface area contributed by atoms with E-state index in [2.05, 4.69) is 15.6 Å². The SMILES string of the molecule is CC(C)[C@H](NCC(=O)Nc1cccnc1Cl)c1ccc(F)cc1. The predicted octanol–water partition coefficient (Wildman–Crippen LogP) is 3.80. The lowest BCUT2D eigenvalue weighted by atomic mass is 9.96. The Bertz CT molecular complexity index is 661. The number of aromatic nitrogens is 1. The molecule has 0 aliphatic carbocycles. The maximum Gasteiger partial charge on any atom is 0.238 e. The first-order chi connectivity index (χ1) is 11.0. The Hall–Kier alpha value is -1.98. The number of hydrogen-bond donors (Lipinski definition) is 2. The second kappa shape index (κ2) is 8.04. The largest absolute Gasteiger partial charge is 0.322 e. The maximum absolute atomic E-state index is 13.0. The molecule has 2 N–H and O–H groups in total. The van der Waals surface area contributed by atoms with Crippen LogP contribution < -0.4 is 10.6 Å². The van der Waals surface area contributed by atoms with Crippen molar-refractivity contribution >= 4 is 23.2 Å². The van der Waals surface area contributed by atoms with Gasteiger partial charge in [-0.3, -0.25) is 4.79 Å². The van der Waals surface area contributed by atoms with Gasteiger partial charge in [0, 0.05) is 12.2 Å². The first-order valence-electron chi connectivity index (χ1n) is 7.36. The van der Waals surface area contributed by atoms with Crippen LogP contribution in [-0.4, -0.2) is 17.4 Å². The second-order valence-corrected chi connectivity index (χ2v) is 5.90. The molecule has 1 aromatic carbocycles. The van der Waals surface area contributed by atoms with E-state index in [1.807, 2.05) is 13.8 Å². The molecule has 0 saturated heterocycles. The van der Waals surface area contributed by atoms with Crippen LogP contribution >= 0.6 is 11.6 Å². The van der Waals surface area contributed by atoms with Crippen LogP contribution in [0.25, 0.3) is 0 Å². The molecule has 0 bridgehead atoms. The van der Waals surface area contributed by atoms with E-state index in [0.717, 1.165) is 5.56 Å². The van der Waals surface area contributed by atoms with Crippen LogP contribution in [0.3, 0.4) is 0 Å². The van der Waals surface area contributed by atoms with Crippen molar-refractivity contribution in [2.75, 3.05) is 11.9 Å². The summed E-state index contributed by atoms with van der Waals surface area (Å²) in [5.74, 6) is -0.247. The normalized spacial score (nSPS) is 12.2. The number of benzene rings is 1. The minimum atomic E-state index is -0.278. The molecule has 23 heavy (non-hydrogen) atoms. The number of halogens is 2. The highest BCUT2D eigenvalue weighted by Gasteiger charge is 2.17. The summed E-state index contributed by atoms with van der Waals surface area (Å²) in [4.78, 5) is 16.0. The minimum Gasteiger partial charge on any atom is -0.322 e. The number of hydrogen-bond acceptors (Lipinski definition) is 3. The zero-order chi connectivity index (χ0) is 16.8. The van der Waals surface area contributed by atoms with Gasteiger partial charge in [-0.05, 0) is 35.7 Å². The third kappa shape index (κ3) is 5.01. The summed E-state index contributed by atoms with van der Waals surface area (Å²) in [6.45, 7) is 4.19. The number of anilines is 1. The van der Waals surface area contributed by atoms with Gasteiger partial charge < -0.3 is 10.6 Å². The van der Waals surface area contributed by atoms with Crippen molar-refractivity contribution in [2.24, 2.45) is 5.92 Å². The summed E-state index contributed by atoms with van der Waals surface area (Å²) >= 11 is 5.91. The molecule has 0 unspecified atom stereocenters. The van der Waals surface area contributed by atoms with E-state index in [9.17, 15) is 9.18 Å². The minimum absolute atomic E-state index is 0.0503. The van der Waals surface area contributed by atoms with Crippen LogP contribution in [0.2, 0.25) is 5.15 Å². The van der Waals surface area contributed by atoms with Crippen LogP contribution in [0.15, 0.2) is 42.6 Å². The number of amides is 1. The Balaban J connectivity index is 1.97. The molecular weight excluding hydrogens is 317 g/mol. The molecule has 0 saturated carbocycles. The van der Waals surface area contributed by atoms with Crippen molar-refractivity contribution in [3.05, 3.63) is 59.1 Å². The molecule has 6 heteroatoms. The fourth-order valence-electron chi connectivity index (χ4n) is 2.28. The maximum atomic E-state index is 13.0. The van der Waals surface area contributed by atoms with Crippen molar-refractivity contribution in [1.29, 1.82) is 0 Å². The third-order valence-corrected chi connectivity index (χ3v) is 3.71. The monoisotopic (exact) mass is 335 g/mol. The molecule has 0 spiro atoms. The lowest BCUT2D eigenvalue weighted by Crippen LogP contribution is -2.33. The van der Waals surface area contributed by atoms with Gasteiger partial charge in [-0.1, -0.05) is 37.6 Å². The lowest BCUT2D eigenvalue weighted by Gasteiger charge is -2.22. The molecule has 2 aromatic rings. The molecule has 1 atom stereocenters. The van der Waals surface area contributed by atoms with Crippen molar-refractivity contribution in [3.63, 3.8) is 0 Å². The quantitative estimate of drug-likeness (QED) is 0.789. The molecule has 0 radical (unpaired) electrons. The summed E-state index contributed by atoms with van der Waals surface area (Å²) in [5.41, 5.74) is 1.41. The van der Waals surface area contributed by atoms with E-state index < -0.39 is 0 Å². The van der Waals surface area contributed by atoms with Crippen LogP contribution in [-0.2, 0) is 4.79 Å². The molecule has 0 aliphatic rings. The van der Waals surface area contributed by atoms with E-state index in [0.29, 0.717) is 5.69 Å². The Morgan fingerprint density at radius 3 is 2.57 bits per heavy atom. The summed E-state index contributed by atoms with van der Waals surface area (Å²) in [6, 6.07) is 9.62. The van der Waals surface area contributed by atoms with Crippen LogP contribution in [0.1, 0.15) is 25.5 Å². The molecule has 1 amide bonds. The standard InChI is InChI=1S/C17H19ClFN3O/c1-11(2)16(12-5-7-13(19)8-6-12)21-10-15(23)22-14-4-3-9-20-17(14)18/h3-9,11,16,21H,10H2,1-2H3,(H,22,23)/t16-/m0/s1. The van der Waals surface area contributed by atoms with Gasteiger partial charge in [0.15, 0.2) is 5.15 Å². The van der Waals surface area contributed by atoms with Gasteiger partial charge in [0.05, 0.1) is 12.2 Å². The van der Waals surface area contributed by atoms with E-state index in [4.69, 9.17) is 11.6 Å². The number of nitrogens with zero attached hydrogens (tertiary/aromatic N) is 1. The molecule has 1 heterocycles. The third-order valence-electron chi connectivity index (χ3n) is 3.41. The Morgan fingerprint density at radius 2 is 1.96 bits per heavy atom. The van der Waals surface area contributed by atoms with Crippen molar-refractivity contribution in [2.45, 2.75) is 19.9 Å². The van der Waals surface area contributed by atoms with E-state index >= 15 is 0 Å². The van der Waals surface area contributed by atoms with Crippen LogP contribution in [0, 0.1) is 11.7 Å². The van der Waals surface area contributed by atoms with Gasteiger partial charge in [0.2, 0.25) is 5.91 Å². The summed E-state index contributed by atoms with van der Waals surface area (Å²) < 4.78 is 13.0. The Labute approximate surface area is 140 Å². The Kier molecular flexibility index (Phi) is 6.07. The van der Waals surface area contributed by atoms with Crippen LogP contribution in [0.5, 0.6) is 0 Å². The van der Waals surface area contributed by atoms with Gasteiger partial charge >= 0.3 is 0 Å². The number of nitrogens with one attached hydrogen (secondary N) is 2. The summed E-state index contributed by atoms with van der Waals surface area (Å²) in [7, 11) is 0. The molecule has 4 nitrogen and oxygen atoms in total. The van der Waals surface area contributed by atoms with E-state index in [1.165, 1.54) is 12.1 Å². The first kappa shape index (κ1) is 17.4. The number of carbonyl (C=O) groups excluding carboxylic acids is 1. The van der Waals surface area contributed by atoms with E-state index in [-0.39, 0.29) is 35.4 Å². The second-order valence-electron chi connectivity index (χ2n) is 5.54. The molecule has 0 fully saturated rings. The molecule has 0 aliphatic heterocycles. The Morgan fingerprint density at radius 1 is 1.26 bits per heavy atom. The van der Waals surface area contributed by atoms with Crippen molar-refractivity contribution < 1.29 is 9.18 Å². The van der Waals surface area contributed by atoms with Crippen LogP contribution in [0.4, 0.5) is 10.1 Å². The first-order valence-corrected chi connectivity index (χ1v) is 7.74. The average molecular weight is 336 g/mol. The summed E-state index contributed by atoms with van der Waals surface area (Å²) in [5, 5.41) is 6.16. The van der Waals surface area contributed by atoms with Gasteiger partial charge in [-0.2, -0.15) is 0 Å². The molecule has 1 aromatic heterocycles. The zero-order valence-electron chi connectivity index (χ0n) is 13.0. The fraction of sp³-hybridized carbons (Fsp3) is 0.294. The average Bonchev–Trinajstić information content (AvgIpc) is 2.51. The van der Waals surface area contributed by atoms with Gasteiger partial charge in [0.25, 0.3) is 0 Å². The molecule has 2 rings (SSSR count). The predicted molar refractivity (Wildman–Crippen MR) is 89.9 cm³/mol. The topological polar surface area (TPSA) is 54.0 Å². The van der Waals surface area contributed by atoms with E-state index in [1.54, 1.807) is 30.5 Å². The van der Waals surface area contributed by atoms with Crippen molar-refractivity contribution in [1.82, 2.24) is 10.3 Å². The molecular formula is C17H19ClFN3O. The van der Waals surface area contributed by atoms with Gasteiger partial charge in [0.1, 0.15) is 5.82 Å². The number of carbonyl (C=O) groups is 1. The molecule has 122 valence electrons. The smallest absolute Gasteiger partial charge is 0.238 e. The summed E-state index contributed by atoms with van der Waals surface area (Å²) in [6.07, 6.45) is 1.56. The van der Waals surface area contributed by atoms with Gasteiger partial charge in [-0.15, -0.1) is 0 Å². The highest BCUT2D eigenvalue weighted by atomic mass is 35.5. The van der Waals surface area contributed by atoms with Gasteiger partial charge in [-0.25, -0.2) is 9.37 Å². The van der Waals surface area contributed by atoms with Crippen molar-refractivity contribution in [3.8, 4) is 0 Å². The highest BCUT2D eigenvalue weighted by Crippen LogP contribution is 2.22. The number of pyridine rings is 1. The zero-order valence-corrected chi connectivity index (χ0v) is 13.8. The lowest BCUT2D eigenvalue weighted by molar-refractivity contribution is -0.115. The highest BCUT2D eigenvalue weighted by molar-refractivity contribution is 6.32.